The van der Waals surface area contributed by atoms with E-state index in [1.54, 1.807) is 4.68 Å². The molecule has 1 aromatic carbocycles. The molecule has 0 radical (unpaired) electrons. The van der Waals surface area contributed by atoms with E-state index in [1.807, 2.05) is 30.0 Å². The molecule has 0 atom stereocenters. The highest BCUT2D eigenvalue weighted by molar-refractivity contribution is 7.99. The van der Waals surface area contributed by atoms with Crippen molar-refractivity contribution in [3.63, 3.8) is 0 Å². The lowest BCUT2D eigenvalue weighted by molar-refractivity contribution is -0.116. The highest BCUT2D eigenvalue weighted by Gasteiger charge is 2.22. The van der Waals surface area contributed by atoms with E-state index in [0.717, 1.165) is 25.1 Å². The van der Waals surface area contributed by atoms with Crippen LogP contribution in [0.15, 0.2) is 29.4 Å². The number of benzene rings is 1. The number of rotatable bonds is 4. The van der Waals surface area contributed by atoms with Crippen LogP contribution in [0.5, 0.6) is 0 Å². The van der Waals surface area contributed by atoms with Crippen LogP contribution in [0.1, 0.15) is 18.9 Å². The maximum absolute atomic E-state index is 12.5. The Morgan fingerprint density at radius 1 is 1.38 bits per heavy atom. The van der Waals surface area contributed by atoms with Crippen molar-refractivity contribution in [2.45, 2.75) is 31.5 Å². The van der Waals surface area contributed by atoms with E-state index in [1.165, 1.54) is 17.3 Å². The first-order valence-corrected chi connectivity index (χ1v) is 8.05. The Morgan fingerprint density at radius 3 is 3.10 bits per heavy atom. The number of tetrazole rings is 1. The second-order valence-corrected chi connectivity index (χ2v) is 5.79. The van der Waals surface area contributed by atoms with Crippen molar-refractivity contribution in [2.75, 3.05) is 17.2 Å². The number of amides is 1. The second kappa shape index (κ2) is 6.26. The zero-order chi connectivity index (χ0) is 14.7. The summed E-state index contributed by atoms with van der Waals surface area (Å²) in [5, 5.41) is 12.1. The topological polar surface area (TPSA) is 63.9 Å². The molecule has 0 bridgehead atoms. The Kier molecular flexibility index (Phi) is 4.19. The first kappa shape index (κ1) is 14.1. The van der Waals surface area contributed by atoms with E-state index in [4.69, 9.17) is 0 Å². The van der Waals surface area contributed by atoms with Gasteiger partial charge in [0.2, 0.25) is 11.1 Å². The molecule has 0 spiro atoms. The van der Waals surface area contributed by atoms with E-state index in [9.17, 15) is 4.79 Å². The van der Waals surface area contributed by atoms with Crippen molar-refractivity contribution >= 4 is 23.4 Å². The number of carbonyl (C=O) groups is 1. The summed E-state index contributed by atoms with van der Waals surface area (Å²) >= 11 is 1.39. The number of hydrogen-bond donors (Lipinski definition) is 0. The second-order valence-electron chi connectivity index (χ2n) is 4.84. The molecule has 0 fully saturated rings. The summed E-state index contributed by atoms with van der Waals surface area (Å²) in [6.07, 6.45) is 2.06. The van der Waals surface area contributed by atoms with Crippen LogP contribution in [0, 0.1) is 0 Å². The molecular weight excluding hydrogens is 286 g/mol. The molecule has 0 N–H and O–H groups in total. The molecule has 1 aromatic heterocycles. The first-order chi connectivity index (χ1) is 10.3. The fourth-order valence-corrected chi connectivity index (χ4v) is 3.31. The molecule has 3 rings (SSSR count). The monoisotopic (exact) mass is 303 g/mol. The SMILES string of the molecule is CCn1nnnc1SCC(=O)N1CCCc2ccccc21. The van der Waals surface area contributed by atoms with Crippen molar-refractivity contribution in [1.82, 2.24) is 20.2 Å². The molecule has 0 aliphatic carbocycles. The summed E-state index contributed by atoms with van der Waals surface area (Å²) in [6.45, 7) is 3.47. The zero-order valence-electron chi connectivity index (χ0n) is 11.9. The maximum Gasteiger partial charge on any atom is 0.237 e. The lowest BCUT2D eigenvalue weighted by Gasteiger charge is -2.29. The molecule has 0 saturated heterocycles. The van der Waals surface area contributed by atoms with E-state index in [-0.39, 0.29) is 5.91 Å². The lowest BCUT2D eigenvalue weighted by atomic mass is 10.0. The van der Waals surface area contributed by atoms with E-state index in [2.05, 4.69) is 21.6 Å². The zero-order valence-corrected chi connectivity index (χ0v) is 12.7. The van der Waals surface area contributed by atoms with Crippen molar-refractivity contribution in [1.29, 1.82) is 0 Å². The number of anilines is 1. The van der Waals surface area contributed by atoms with Crippen LogP contribution in [0.4, 0.5) is 5.69 Å². The molecule has 2 aromatic rings. The molecule has 0 saturated carbocycles. The van der Waals surface area contributed by atoms with Crippen molar-refractivity contribution < 1.29 is 4.79 Å². The van der Waals surface area contributed by atoms with Gasteiger partial charge in [-0.3, -0.25) is 4.79 Å². The van der Waals surface area contributed by atoms with Crippen LogP contribution < -0.4 is 4.90 Å². The number of carbonyl (C=O) groups excluding carboxylic acids is 1. The molecule has 7 heteroatoms. The minimum absolute atomic E-state index is 0.109. The fourth-order valence-electron chi connectivity index (χ4n) is 2.50. The standard InChI is InChI=1S/C14H17N5OS/c1-2-19-14(15-16-17-19)21-10-13(20)18-9-5-7-11-6-3-4-8-12(11)18/h3-4,6,8H,2,5,7,9-10H2,1H3. The lowest BCUT2D eigenvalue weighted by Crippen LogP contribution is -2.36. The minimum atomic E-state index is 0.109. The number of nitrogens with zero attached hydrogens (tertiary/aromatic N) is 5. The van der Waals surface area contributed by atoms with Gasteiger partial charge in [-0.05, 0) is 41.8 Å². The Bertz CT molecular complexity index is 642. The van der Waals surface area contributed by atoms with Gasteiger partial charge < -0.3 is 4.90 Å². The number of fused-ring (bicyclic) bond motifs is 1. The molecule has 21 heavy (non-hydrogen) atoms. The predicted molar refractivity (Wildman–Crippen MR) is 81.3 cm³/mol. The smallest absolute Gasteiger partial charge is 0.237 e. The Labute approximate surface area is 127 Å². The third kappa shape index (κ3) is 2.92. The Balaban J connectivity index is 1.69. The minimum Gasteiger partial charge on any atom is -0.311 e. The number of aromatic nitrogens is 4. The molecule has 1 aliphatic heterocycles. The van der Waals surface area contributed by atoms with Crippen LogP contribution in [0.2, 0.25) is 0 Å². The predicted octanol–water partition coefficient (Wildman–Crippen LogP) is 1.76. The number of thioether (sulfide) groups is 1. The van der Waals surface area contributed by atoms with Gasteiger partial charge in [0.25, 0.3) is 0 Å². The third-order valence-corrected chi connectivity index (χ3v) is 4.48. The molecular formula is C14H17N5OS. The average molecular weight is 303 g/mol. The van der Waals surface area contributed by atoms with Gasteiger partial charge in [0, 0.05) is 18.8 Å². The molecule has 6 nitrogen and oxygen atoms in total. The van der Waals surface area contributed by atoms with Crippen molar-refractivity contribution in [3.05, 3.63) is 29.8 Å². The van der Waals surface area contributed by atoms with Gasteiger partial charge in [0.15, 0.2) is 0 Å². The van der Waals surface area contributed by atoms with Gasteiger partial charge in [0.1, 0.15) is 0 Å². The van der Waals surface area contributed by atoms with Crippen molar-refractivity contribution in [3.8, 4) is 0 Å². The van der Waals surface area contributed by atoms with Crippen LogP contribution in [0.3, 0.4) is 0 Å². The molecule has 1 aliphatic rings. The Morgan fingerprint density at radius 2 is 2.24 bits per heavy atom. The number of hydrogen-bond acceptors (Lipinski definition) is 5. The molecule has 1 amide bonds. The Hall–Kier alpha value is -1.89. The van der Waals surface area contributed by atoms with Crippen LogP contribution in [0.25, 0.3) is 0 Å². The molecule has 2 heterocycles. The van der Waals surface area contributed by atoms with E-state index < -0.39 is 0 Å². The number of para-hydroxylation sites is 1. The quantitative estimate of drug-likeness (QED) is 0.805. The highest BCUT2D eigenvalue weighted by Crippen LogP contribution is 2.27. The normalized spacial score (nSPS) is 14.0. The molecule has 0 unspecified atom stereocenters. The highest BCUT2D eigenvalue weighted by atomic mass is 32.2. The summed E-state index contributed by atoms with van der Waals surface area (Å²) in [5.74, 6) is 0.465. The summed E-state index contributed by atoms with van der Waals surface area (Å²) in [4.78, 5) is 14.4. The van der Waals surface area contributed by atoms with Gasteiger partial charge in [-0.2, -0.15) is 0 Å². The summed E-state index contributed by atoms with van der Waals surface area (Å²) in [5.41, 5.74) is 2.30. The van der Waals surface area contributed by atoms with Gasteiger partial charge in [-0.1, -0.05) is 30.0 Å². The van der Waals surface area contributed by atoms with Crippen LogP contribution >= 0.6 is 11.8 Å². The average Bonchev–Trinajstić information content (AvgIpc) is 2.99. The van der Waals surface area contributed by atoms with Crippen molar-refractivity contribution in [2.24, 2.45) is 0 Å². The van der Waals surface area contributed by atoms with Gasteiger partial charge in [-0.25, -0.2) is 4.68 Å². The largest absolute Gasteiger partial charge is 0.311 e. The van der Waals surface area contributed by atoms with Gasteiger partial charge in [0.05, 0.1) is 5.75 Å². The maximum atomic E-state index is 12.5. The fraction of sp³-hybridized carbons (Fsp3) is 0.429. The summed E-state index contributed by atoms with van der Waals surface area (Å²) in [6, 6.07) is 8.12. The summed E-state index contributed by atoms with van der Waals surface area (Å²) in [7, 11) is 0. The van der Waals surface area contributed by atoms with Gasteiger partial charge in [-0.15, -0.1) is 5.10 Å². The van der Waals surface area contributed by atoms with Crippen LogP contribution in [-0.4, -0.2) is 38.4 Å². The van der Waals surface area contributed by atoms with E-state index in [0.29, 0.717) is 17.5 Å². The molecule has 110 valence electrons. The number of aryl methyl sites for hydroxylation is 2. The van der Waals surface area contributed by atoms with E-state index >= 15 is 0 Å². The van der Waals surface area contributed by atoms with Crippen LogP contribution in [-0.2, 0) is 17.8 Å². The van der Waals surface area contributed by atoms with Gasteiger partial charge >= 0.3 is 0 Å². The third-order valence-electron chi connectivity index (χ3n) is 3.53. The first-order valence-electron chi connectivity index (χ1n) is 7.07. The summed E-state index contributed by atoms with van der Waals surface area (Å²) < 4.78 is 1.70.